The molecule has 0 amide bonds. The first-order valence-electron chi connectivity index (χ1n) is 12.7. The van der Waals surface area contributed by atoms with Crippen LogP contribution in [0.2, 0.25) is 0 Å². The van der Waals surface area contributed by atoms with Crippen LogP contribution < -0.4 is 14.8 Å². The van der Waals surface area contributed by atoms with E-state index in [1.165, 1.54) is 0 Å². The molecule has 6 nitrogen and oxygen atoms in total. The second-order valence-electron chi connectivity index (χ2n) is 9.78. The normalized spacial score (nSPS) is 19.1. The summed E-state index contributed by atoms with van der Waals surface area (Å²) in [4.78, 5) is 5.22. The number of alkyl halides is 3. The molecule has 0 fully saturated rings. The number of H-pyrrole nitrogens is 1. The average molecular weight is 520 g/mol. The molecule has 1 aromatic heterocycles. The van der Waals surface area contributed by atoms with Gasteiger partial charge >= 0.3 is 0 Å². The van der Waals surface area contributed by atoms with Crippen molar-refractivity contribution in [2.24, 2.45) is 0 Å². The molecule has 0 aliphatic carbocycles. The van der Waals surface area contributed by atoms with Crippen LogP contribution in [0.4, 0.5) is 13.2 Å². The maximum absolute atomic E-state index is 14.6. The topological polar surface area (TPSA) is 69.8 Å². The number of nitrogens with zero attached hydrogens (tertiary/aromatic N) is 1. The fourth-order valence-electron chi connectivity index (χ4n) is 5.18. The van der Waals surface area contributed by atoms with Crippen LogP contribution >= 0.6 is 0 Å². The summed E-state index contributed by atoms with van der Waals surface area (Å²) >= 11 is 0. The zero-order valence-corrected chi connectivity index (χ0v) is 21.6. The minimum absolute atomic E-state index is 0.190. The van der Waals surface area contributed by atoms with E-state index in [4.69, 9.17) is 9.47 Å². The molecule has 2 heterocycles. The van der Waals surface area contributed by atoms with Crippen LogP contribution in [0, 0.1) is 0 Å². The molecule has 2 aromatic carbocycles. The average Bonchev–Trinajstić information content (AvgIpc) is 3.25. The number of hydrogen-bond acceptors (Lipinski definition) is 5. The van der Waals surface area contributed by atoms with E-state index in [1.54, 1.807) is 24.1 Å². The number of halogens is 3. The molecule has 0 spiro atoms. The number of aromatic amines is 1. The lowest BCUT2D eigenvalue weighted by Gasteiger charge is -2.42. The molecule has 0 bridgehead atoms. The molecule has 1 aliphatic heterocycles. The highest BCUT2D eigenvalue weighted by Gasteiger charge is 2.42. The third-order valence-electron chi connectivity index (χ3n) is 6.91. The van der Waals surface area contributed by atoms with Gasteiger partial charge in [0.1, 0.15) is 24.2 Å². The van der Waals surface area contributed by atoms with Crippen molar-refractivity contribution in [3.05, 3.63) is 59.3 Å². The van der Waals surface area contributed by atoms with E-state index < -0.39 is 25.1 Å². The molecule has 3 aromatic rings. The molecule has 3 atom stereocenters. The van der Waals surface area contributed by atoms with Crippen LogP contribution in [-0.2, 0) is 6.42 Å². The quantitative estimate of drug-likeness (QED) is 0.298. The molecule has 9 heteroatoms. The molecule has 1 unspecified atom stereocenters. The SMILES string of the molecule is COc1ccc(O[C@H](C)CNCCCF)cc1C1c2[nH]c3ccccc3c2C[C@@H](C)N1CC(F)(F)CO. The Bertz CT molecular complexity index is 1190. The third kappa shape index (κ3) is 6.05. The minimum Gasteiger partial charge on any atom is -0.496 e. The third-order valence-corrected chi connectivity index (χ3v) is 6.91. The molecule has 202 valence electrons. The van der Waals surface area contributed by atoms with Gasteiger partial charge in [-0.25, -0.2) is 8.78 Å². The predicted molar refractivity (Wildman–Crippen MR) is 139 cm³/mol. The first kappa shape index (κ1) is 27.3. The number of methoxy groups -OCH3 is 1. The number of aliphatic hydroxyl groups is 1. The van der Waals surface area contributed by atoms with E-state index in [0.29, 0.717) is 43.0 Å². The summed E-state index contributed by atoms with van der Waals surface area (Å²) in [6.45, 7) is 2.76. The summed E-state index contributed by atoms with van der Waals surface area (Å²) in [5.74, 6) is -2.13. The van der Waals surface area contributed by atoms with Crippen molar-refractivity contribution in [3.8, 4) is 11.5 Å². The van der Waals surface area contributed by atoms with Gasteiger partial charge in [0.05, 0.1) is 26.4 Å². The van der Waals surface area contributed by atoms with E-state index in [1.807, 2.05) is 44.2 Å². The largest absolute Gasteiger partial charge is 0.496 e. The number of hydrogen-bond donors (Lipinski definition) is 3. The van der Waals surface area contributed by atoms with Crippen LogP contribution in [0.1, 0.15) is 43.1 Å². The van der Waals surface area contributed by atoms with Crippen LogP contribution in [0.3, 0.4) is 0 Å². The highest BCUT2D eigenvalue weighted by molar-refractivity contribution is 5.85. The maximum Gasteiger partial charge on any atom is 0.283 e. The van der Waals surface area contributed by atoms with Crippen LogP contribution in [0.5, 0.6) is 11.5 Å². The number of rotatable bonds is 12. The number of para-hydroxylation sites is 1. The Morgan fingerprint density at radius 2 is 2.03 bits per heavy atom. The monoisotopic (exact) mass is 519 g/mol. The van der Waals surface area contributed by atoms with Crippen LogP contribution in [-0.4, -0.2) is 73.1 Å². The molecule has 4 rings (SSSR count). The Morgan fingerprint density at radius 1 is 1.24 bits per heavy atom. The van der Waals surface area contributed by atoms with Gasteiger partial charge < -0.3 is 24.9 Å². The summed E-state index contributed by atoms with van der Waals surface area (Å²) in [6, 6.07) is 12.6. The fourth-order valence-corrected chi connectivity index (χ4v) is 5.18. The van der Waals surface area contributed by atoms with E-state index in [2.05, 4.69) is 10.3 Å². The van der Waals surface area contributed by atoms with Gasteiger partial charge in [0.25, 0.3) is 5.92 Å². The lowest BCUT2D eigenvalue weighted by molar-refractivity contribution is -0.0866. The summed E-state index contributed by atoms with van der Waals surface area (Å²) in [7, 11) is 1.56. The number of aromatic nitrogens is 1. The smallest absolute Gasteiger partial charge is 0.283 e. The van der Waals surface area contributed by atoms with Crippen molar-refractivity contribution >= 4 is 10.9 Å². The first-order valence-corrected chi connectivity index (χ1v) is 12.7. The van der Waals surface area contributed by atoms with Crippen molar-refractivity contribution in [2.45, 2.75) is 50.8 Å². The van der Waals surface area contributed by atoms with Crippen molar-refractivity contribution in [2.75, 3.05) is 40.0 Å². The van der Waals surface area contributed by atoms with Gasteiger partial charge in [-0.3, -0.25) is 9.29 Å². The standard InChI is InChI=1S/C28H36F3N3O3/c1-18-13-22-21-7-4-5-8-24(21)33-26(22)27(34(18)16-28(30,31)17-35)23-14-20(9-10-25(23)36-3)37-19(2)15-32-12-6-11-29/h4-5,7-10,14,18-19,27,32-33,35H,6,11-13,15-17H2,1-3H3/t18-,19-,27?/m1/s1. The van der Waals surface area contributed by atoms with E-state index >= 15 is 0 Å². The van der Waals surface area contributed by atoms with Crippen molar-refractivity contribution in [3.63, 3.8) is 0 Å². The Kier molecular flexibility index (Phi) is 8.67. The zero-order chi connectivity index (χ0) is 26.6. The van der Waals surface area contributed by atoms with Crippen LogP contribution in [0.15, 0.2) is 42.5 Å². The number of fused-ring (bicyclic) bond motifs is 3. The highest BCUT2D eigenvalue weighted by atomic mass is 19.3. The van der Waals surface area contributed by atoms with Gasteiger partial charge in [0.15, 0.2) is 0 Å². The van der Waals surface area contributed by atoms with E-state index in [-0.39, 0.29) is 18.8 Å². The van der Waals surface area contributed by atoms with E-state index in [0.717, 1.165) is 22.2 Å². The fraction of sp³-hybridized carbons (Fsp3) is 0.500. The Labute approximate surface area is 215 Å². The Balaban J connectivity index is 1.75. The number of aliphatic hydroxyl groups excluding tert-OH is 1. The maximum atomic E-state index is 14.6. The number of ether oxygens (including phenoxy) is 2. The van der Waals surface area contributed by atoms with Gasteiger partial charge in [-0.15, -0.1) is 0 Å². The Morgan fingerprint density at radius 3 is 2.76 bits per heavy atom. The number of nitrogens with one attached hydrogen (secondary N) is 2. The Hall–Kier alpha value is -2.75. The van der Waals surface area contributed by atoms with Crippen molar-refractivity contribution in [1.29, 1.82) is 0 Å². The van der Waals surface area contributed by atoms with Crippen LogP contribution in [0.25, 0.3) is 10.9 Å². The molecule has 37 heavy (non-hydrogen) atoms. The van der Waals surface area contributed by atoms with Gasteiger partial charge in [0.2, 0.25) is 0 Å². The molecule has 0 saturated carbocycles. The minimum atomic E-state index is -3.27. The molecule has 0 radical (unpaired) electrons. The van der Waals surface area contributed by atoms with Gasteiger partial charge in [-0.05, 0) is 63.1 Å². The van der Waals surface area contributed by atoms with E-state index in [9.17, 15) is 18.3 Å². The molecular formula is C28H36F3N3O3. The molecular weight excluding hydrogens is 483 g/mol. The lowest BCUT2D eigenvalue weighted by Crippen LogP contribution is -2.49. The van der Waals surface area contributed by atoms with Crippen molar-refractivity contribution < 1.29 is 27.8 Å². The molecule has 0 saturated heterocycles. The molecule has 3 N–H and O–H groups in total. The lowest BCUT2D eigenvalue weighted by atomic mass is 9.87. The number of benzene rings is 2. The van der Waals surface area contributed by atoms with Gasteiger partial charge in [-0.1, -0.05) is 18.2 Å². The zero-order valence-electron chi connectivity index (χ0n) is 21.6. The summed E-state index contributed by atoms with van der Waals surface area (Å²) < 4.78 is 53.4. The van der Waals surface area contributed by atoms with Crippen molar-refractivity contribution in [1.82, 2.24) is 15.2 Å². The van der Waals surface area contributed by atoms with Gasteiger partial charge in [0, 0.05) is 34.7 Å². The summed E-state index contributed by atoms with van der Waals surface area (Å²) in [6.07, 6.45) is 0.849. The second kappa shape index (κ2) is 11.8. The molecule has 1 aliphatic rings. The highest BCUT2D eigenvalue weighted by Crippen LogP contribution is 2.45. The first-order chi connectivity index (χ1) is 17.8. The van der Waals surface area contributed by atoms with Gasteiger partial charge in [-0.2, -0.15) is 0 Å². The predicted octanol–water partition coefficient (Wildman–Crippen LogP) is 4.86. The second-order valence-corrected chi connectivity index (χ2v) is 9.78. The summed E-state index contributed by atoms with van der Waals surface area (Å²) in [5, 5.41) is 13.6. The summed E-state index contributed by atoms with van der Waals surface area (Å²) in [5.41, 5.74) is 3.57.